The molecule has 30 heavy (non-hydrogen) atoms. The quantitative estimate of drug-likeness (QED) is 0.246. The Hall–Kier alpha value is -2.36. The number of hydrogen-bond acceptors (Lipinski definition) is 6. The maximum atomic E-state index is 12.9. The van der Waals surface area contributed by atoms with Gasteiger partial charge in [0.15, 0.2) is 5.96 Å². The minimum absolute atomic E-state index is 0.0469. The summed E-state index contributed by atoms with van der Waals surface area (Å²) in [5, 5.41) is 10.4. The molecule has 2 saturated heterocycles. The molecule has 2 amide bonds. The van der Waals surface area contributed by atoms with E-state index in [2.05, 4.69) is 5.32 Å². The normalized spacial score (nSPS) is 25.4. The largest absolute Gasteiger partial charge is 0.464 e. The van der Waals surface area contributed by atoms with Crippen molar-refractivity contribution < 1.29 is 19.1 Å². The van der Waals surface area contributed by atoms with Crippen LogP contribution in [-0.2, 0) is 19.1 Å². The van der Waals surface area contributed by atoms with Crippen LogP contribution in [0.1, 0.15) is 46.0 Å². The van der Waals surface area contributed by atoms with E-state index in [0.29, 0.717) is 32.0 Å². The maximum Gasteiger partial charge on any atom is 0.328 e. The number of likely N-dealkylation sites (tertiary alicyclic amines) is 2. The van der Waals surface area contributed by atoms with Crippen LogP contribution in [-0.4, -0.2) is 78.4 Å². The topological polar surface area (TPSA) is 155 Å². The van der Waals surface area contributed by atoms with Crippen molar-refractivity contribution in [1.82, 2.24) is 15.1 Å². The summed E-state index contributed by atoms with van der Waals surface area (Å²) in [7, 11) is 0. The first-order valence-corrected chi connectivity index (χ1v) is 10.8. The summed E-state index contributed by atoms with van der Waals surface area (Å²) in [5.41, 5.74) is 11.6. The molecule has 2 fully saturated rings. The number of esters is 1. The molecule has 10 nitrogen and oxygen atoms in total. The molecule has 2 aliphatic rings. The molecule has 0 radical (unpaired) electrons. The summed E-state index contributed by atoms with van der Waals surface area (Å²) < 4.78 is 5.12. The second kappa shape index (κ2) is 11.1. The summed E-state index contributed by atoms with van der Waals surface area (Å²) in [6, 6.07) is -1.65. The lowest BCUT2D eigenvalue weighted by Gasteiger charge is -2.38. The van der Waals surface area contributed by atoms with Crippen LogP contribution in [0.2, 0.25) is 0 Å². The lowest BCUT2D eigenvalue weighted by atomic mass is 9.91. The number of nitrogens with zero attached hydrogens (tertiary/aromatic N) is 2. The van der Waals surface area contributed by atoms with Crippen molar-refractivity contribution in [3.8, 4) is 0 Å². The van der Waals surface area contributed by atoms with Gasteiger partial charge in [-0.1, -0.05) is 6.92 Å². The van der Waals surface area contributed by atoms with E-state index < -0.39 is 24.0 Å². The van der Waals surface area contributed by atoms with Crippen molar-refractivity contribution >= 4 is 23.7 Å². The molecule has 0 aromatic heterocycles. The van der Waals surface area contributed by atoms with E-state index in [0.717, 1.165) is 25.8 Å². The summed E-state index contributed by atoms with van der Waals surface area (Å²) in [5.74, 6) is -0.542. The van der Waals surface area contributed by atoms with Crippen LogP contribution < -0.4 is 16.8 Å². The fraction of sp³-hybridized carbons (Fsp3) is 0.800. The third kappa shape index (κ3) is 6.58. The third-order valence-corrected chi connectivity index (χ3v) is 5.88. The zero-order valence-electron chi connectivity index (χ0n) is 18.1. The smallest absolute Gasteiger partial charge is 0.328 e. The summed E-state index contributed by atoms with van der Waals surface area (Å²) in [4.78, 5) is 40.7. The van der Waals surface area contributed by atoms with E-state index in [-0.39, 0.29) is 30.8 Å². The molecule has 0 spiro atoms. The molecule has 0 aliphatic carbocycles. The number of carbonyl (C=O) groups is 3. The zero-order chi connectivity index (χ0) is 22.3. The number of ether oxygens (including phenoxy) is 1. The molecular formula is C20H36N6O4. The first-order chi connectivity index (χ1) is 14.2. The van der Waals surface area contributed by atoms with Crippen LogP contribution in [0.4, 0.5) is 0 Å². The maximum absolute atomic E-state index is 12.9. The number of amides is 2. The SMILES string of the molecule is CCOC(=O)[C@H]1C[C@H](C)CCN1C(=O)[C@@H](N)CC(=O)NC[C@@H]1CCCN(C(=N)N)C1. The number of carbonyl (C=O) groups excluding carboxylic acids is 3. The molecule has 10 heteroatoms. The molecule has 170 valence electrons. The third-order valence-electron chi connectivity index (χ3n) is 5.88. The van der Waals surface area contributed by atoms with E-state index in [1.807, 2.05) is 6.92 Å². The highest BCUT2D eigenvalue weighted by Gasteiger charge is 2.38. The Kier molecular flexibility index (Phi) is 8.88. The molecule has 2 rings (SSSR count). The van der Waals surface area contributed by atoms with Crippen LogP contribution >= 0.6 is 0 Å². The van der Waals surface area contributed by atoms with Crippen LogP contribution in [0.25, 0.3) is 0 Å². The van der Waals surface area contributed by atoms with Crippen molar-refractivity contribution in [2.45, 2.75) is 58.0 Å². The lowest BCUT2D eigenvalue weighted by molar-refractivity contribution is -0.158. The van der Waals surface area contributed by atoms with E-state index >= 15 is 0 Å². The highest BCUT2D eigenvalue weighted by Crippen LogP contribution is 2.24. The minimum Gasteiger partial charge on any atom is -0.464 e. The monoisotopic (exact) mass is 424 g/mol. The van der Waals surface area contributed by atoms with Gasteiger partial charge < -0.3 is 31.3 Å². The Labute approximate surface area is 178 Å². The summed E-state index contributed by atoms with van der Waals surface area (Å²) in [6.45, 7) is 6.30. The van der Waals surface area contributed by atoms with Gasteiger partial charge in [-0.05, 0) is 44.4 Å². The van der Waals surface area contributed by atoms with Crippen LogP contribution in [0.3, 0.4) is 0 Å². The van der Waals surface area contributed by atoms with Crippen molar-refractivity contribution in [2.24, 2.45) is 23.3 Å². The van der Waals surface area contributed by atoms with Gasteiger partial charge in [0.2, 0.25) is 11.8 Å². The molecule has 6 N–H and O–H groups in total. The van der Waals surface area contributed by atoms with E-state index in [1.54, 1.807) is 11.8 Å². The molecule has 0 saturated carbocycles. The Bertz CT molecular complexity index is 643. The highest BCUT2D eigenvalue weighted by molar-refractivity contribution is 5.91. The van der Waals surface area contributed by atoms with Gasteiger partial charge in [0, 0.05) is 26.2 Å². The Morgan fingerprint density at radius 3 is 2.67 bits per heavy atom. The number of nitrogens with two attached hydrogens (primary N) is 2. The molecular weight excluding hydrogens is 388 g/mol. The van der Waals surface area contributed by atoms with Gasteiger partial charge in [-0.2, -0.15) is 0 Å². The van der Waals surface area contributed by atoms with Gasteiger partial charge in [0.05, 0.1) is 19.1 Å². The molecule has 2 aliphatic heterocycles. The predicted octanol–water partition coefficient (Wildman–Crippen LogP) is -0.384. The molecule has 4 atom stereocenters. The van der Waals surface area contributed by atoms with E-state index in [4.69, 9.17) is 21.6 Å². The summed E-state index contributed by atoms with van der Waals surface area (Å²) in [6.07, 6.45) is 3.05. The van der Waals surface area contributed by atoms with E-state index in [9.17, 15) is 14.4 Å². The molecule has 0 unspecified atom stereocenters. The van der Waals surface area contributed by atoms with Gasteiger partial charge in [0.1, 0.15) is 6.04 Å². The van der Waals surface area contributed by atoms with E-state index in [1.165, 1.54) is 4.90 Å². The molecule has 0 bridgehead atoms. The fourth-order valence-electron chi connectivity index (χ4n) is 4.15. The summed E-state index contributed by atoms with van der Waals surface area (Å²) >= 11 is 0. The van der Waals surface area contributed by atoms with Crippen LogP contribution in [0, 0.1) is 17.2 Å². The van der Waals surface area contributed by atoms with Crippen molar-refractivity contribution in [2.75, 3.05) is 32.8 Å². The number of guanidine groups is 1. The number of nitrogens with one attached hydrogen (secondary N) is 2. The minimum atomic E-state index is -1.00. The predicted molar refractivity (Wildman–Crippen MR) is 112 cm³/mol. The highest BCUT2D eigenvalue weighted by atomic mass is 16.5. The Balaban J connectivity index is 1.85. The molecule has 0 aromatic rings. The average molecular weight is 425 g/mol. The van der Waals surface area contributed by atoms with Crippen LogP contribution in [0.5, 0.6) is 0 Å². The zero-order valence-corrected chi connectivity index (χ0v) is 18.1. The standard InChI is InChI=1S/C20H36N6O4/c1-3-30-19(29)16-9-13(2)6-8-26(16)18(28)15(21)10-17(27)24-11-14-5-4-7-25(12-14)20(22)23/h13-16H,3-12,21H2,1-2H3,(H3,22,23)(H,24,27)/t13-,14+,15+,16-/m1/s1. The Morgan fingerprint density at radius 2 is 2.00 bits per heavy atom. The second-order valence-corrected chi connectivity index (χ2v) is 8.38. The van der Waals surface area contributed by atoms with Crippen molar-refractivity contribution in [1.29, 1.82) is 5.41 Å². The first-order valence-electron chi connectivity index (χ1n) is 10.8. The fourth-order valence-corrected chi connectivity index (χ4v) is 4.15. The molecule has 2 heterocycles. The first kappa shape index (κ1) is 23.9. The van der Waals surface area contributed by atoms with Gasteiger partial charge in [-0.15, -0.1) is 0 Å². The number of piperidine rings is 2. The van der Waals surface area contributed by atoms with Gasteiger partial charge >= 0.3 is 5.97 Å². The van der Waals surface area contributed by atoms with Crippen molar-refractivity contribution in [3.05, 3.63) is 0 Å². The van der Waals surface area contributed by atoms with Gasteiger partial charge in [-0.25, -0.2) is 4.79 Å². The number of rotatable bonds is 7. The van der Waals surface area contributed by atoms with Crippen molar-refractivity contribution in [3.63, 3.8) is 0 Å². The van der Waals surface area contributed by atoms with Gasteiger partial charge in [-0.3, -0.25) is 15.0 Å². The van der Waals surface area contributed by atoms with Gasteiger partial charge in [0.25, 0.3) is 0 Å². The van der Waals surface area contributed by atoms with Crippen LogP contribution in [0.15, 0.2) is 0 Å². The second-order valence-electron chi connectivity index (χ2n) is 8.38. The number of hydrogen-bond donors (Lipinski definition) is 4. The molecule has 0 aromatic carbocycles. The Morgan fingerprint density at radius 1 is 1.27 bits per heavy atom. The average Bonchev–Trinajstić information content (AvgIpc) is 2.72. The lowest BCUT2D eigenvalue weighted by Crippen LogP contribution is -2.56.